The number of nitrogens with zero attached hydrogens (tertiary/aromatic N) is 1. The molecule has 0 bridgehead atoms. The number of likely N-dealkylation sites (N-methyl/N-ethyl adjacent to an activating group) is 1. The second-order valence-electron chi connectivity index (χ2n) is 5.03. The minimum Gasteiger partial charge on any atom is -0.389 e. The van der Waals surface area contributed by atoms with Crippen LogP contribution in [0.1, 0.15) is 32.8 Å². The smallest absolute Gasteiger partial charge is 0.241 e. The molecule has 0 radical (unpaired) electrons. The van der Waals surface area contributed by atoms with Crippen LogP contribution in [-0.4, -0.2) is 34.9 Å². The van der Waals surface area contributed by atoms with Gasteiger partial charge in [-0.3, -0.25) is 9.69 Å². The Morgan fingerprint density at radius 2 is 1.90 bits per heavy atom. The van der Waals surface area contributed by atoms with Gasteiger partial charge in [0, 0.05) is 17.3 Å². The third kappa shape index (κ3) is 4.28. The van der Waals surface area contributed by atoms with Crippen LogP contribution in [0.3, 0.4) is 0 Å². The Labute approximate surface area is 126 Å². The van der Waals surface area contributed by atoms with E-state index < -0.39 is 0 Å². The molecule has 1 aromatic rings. The summed E-state index contributed by atoms with van der Waals surface area (Å²) in [7, 11) is 1.97. The molecule has 0 aliphatic heterocycles. The molecule has 2 atom stereocenters. The van der Waals surface area contributed by atoms with Crippen molar-refractivity contribution in [3.05, 3.63) is 29.8 Å². The fourth-order valence-electron chi connectivity index (χ4n) is 1.82. The van der Waals surface area contributed by atoms with E-state index in [1.54, 1.807) is 12.1 Å². The Kier molecular flexibility index (Phi) is 6.10. The van der Waals surface area contributed by atoms with Crippen LogP contribution in [0, 0.1) is 0 Å². The third-order valence-corrected chi connectivity index (χ3v) is 3.95. The van der Waals surface area contributed by atoms with Gasteiger partial charge in [0.25, 0.3) is 0 Å². The van der Waals surface area contributed by atoms with E-state index in [9.17, 15) is 4.79 Å². The van der Waals surface area contributed by atoms with Crippen LogP contribution < -0.4 is 11.1 Å². The molecule has 2 unspecified atom stereocenters. The number of amides is 1. The zero-order valence-corrected chi connectivity index (χ0v) is 13.3. The number of hydrogen-bond acceptors (Lipinski definition) is 3. The standard InChI is InChI=1S/C15H23N3OS/c1-5-10(2)18(4)11(3)15(19)17-13-8-6-12(7-9-13)14(16)20/h6-11H,5H2,1-4H3,(H2,16,20)(H,17,19). The highest BCUT2D eigenvalue weighted by molar-refractivity contribution is 7.80. The van der Waals surface area contributed by atoms with Crippen LogP contribution in [-0.2, 0) is 4.79 Å². The van der Waals surface area contributed by atoms with Crippen LogP contribution in [0.25, 0.3) is 0 Å². The Morgan fingerprint density at radius 3 is 2.35 bits per heavy atom. The molecule has 0 saturated carbocycles. The van der Waals surface area contributed by atoms with Crippen molar-refractivity contribution in [1.29, 1.82) is 0 Å². The Morgan fingerprint density at radius 1 is 1.35 bits per heavy atom. The number of carbonyl (C=O) groups is 1. The summed E-state index contributed by atoms with van der Waals surface area (Å²) in [6.45, 7) is 6.13. The lowest BCUT2D eigenvalue weighted by atomic mass is 10.1. The van der Waals surface area contributed by atoms with Gasteiger partial charge in [-0.25, -0.2) is 0 Å². The number of hydrogen-bond donors (Lipinski definition) is 2. The summed E-state index contributed by atoms with van der Waals surface area (Å²) >= 11 is 4.89. The van der Waals surface area contributed by atoms with Gasteiger partial charge in [0.1, 0.15) is 4.99 Å². The summed E-state index contributed by atoms with van der Waals surface area (Å²) in [6.07, 6.45) is 1.01. The first-order valence-electron chi connectivity index (χ1n) is 6.79. The number of anilines is 1. The monoisotopic (exact) mass is 293 g/mol. The molecule has 4 nitrogen and oxygen atoms in total. The van der Waals surface area contributed by atoms with Crippen LogP contribution in [0.2, 0.25) is 0 Å². The molecule has 1 amide bonds. The number of carbonyl (C=O) groups excluding carboxylic acids is 1. The number of benzene rings is 1. The highest BCUT2D eigenvalue weighted by Gasteiger charge is 2.21. The van der Waals surface area contributed by atoms with Gasteiger partial charge >= 0.3 is 0 Å². The Balaban J connectivity index is 2.68. The SMILES string of the molecule is CCC(C)N(C)C(C)C(=O)Nc1ccc(C(N)=S)cc1. The summed E-state index contributed by atoms with van der Waals surface area (Å²) in [6, 6.07) is 7.42. The molecule has 1 aromatic carbocycles. The Hall–Kier alpha value is -1.46. The molecule has 5 heteroatoms. The van der Waals surface area contributed by atoms with E-state index >= 15 is 0 Å². The molecule has 110 valence electrons. The molecule has 0 fully saturated rings. The normalized spacial score (nSPS) is 13.8. The van der Waals surface area contributed by atoms with Crippen molar-refractivity contribution in [3.8, 4) is 0 Å². The highest BCUT2D eigenvalue weighted by atomic mass is 32.1. The summed E-state index contributed by atoms with van der Waals surface area (Å²) in [5, 5.41) is 2.90. The summed E-state index contributed by atoms with van der Waals surface area (Å²) in [4.78, 5) is 14.6. The van der Waals surface area contributed by atoms with E-state index in [2.05, 4.69) is 24.1 Å². The quantitative estimate of drug-likeness (QED) is 0.791. The molecule has 0 saturated heterocycles. The first-order chi connectivity index (χ1) is 9.36. The van der Waals surface area contributed by atoms with Gasteiger partial charge in [-0.15, -0.1) is 0 Å². The van der Waals surface area contributed by atoms with E-state index in [-0.39, 0.29) is 11.9 Å². The van der Waals surface area contributed by atoms with Crippen molar-refractivity contribution >= 4 is 28.8 Å². The number of nitrogens with two attached hydrogens (primary N) is 1. The van der Waals surface area contributed by atoms with Crippen LogP contribution >= 0.6 is 12.2 Å². The highest BCUT2D eigenvalue weighted by Crippen LogP contribution is 2.12. The van der Waals surface area contributed by atoms with E-state index in [1.165, 1.54) is 0 Å². The van der Waals surface area contributed by atoms with Gasteiger partial charge in [0.05, 0.1) is 6.04 Å². The van der Waals surface area contributed by atoms with Gasteiger partial charge in [-0.2, -0.15) is 0 Å². The topological polar surface area (TPSA) is 58.4 Å². The lowest BCUT2D eigenvalue weighted by Gasteiger charge is -2.29. The van der Waals surface area contributed by atoms with Crippen molar-refractivity contribution in [2.45, 2.75) is 39.3 Å². The lowest BCUT2D eigenvalue weighted by Crippen LogP contribution is -2.44. The summed E-state index contributed by atoms with van der Waals surface area (Å²) < 4.78 is 0. The maximum Gasteiger partial charge on any atom is 0.241 e. The first kappa shape index (κ1) is 16.6. The van der Waals surface area contributed by atoms with Crippen LogP contribution in [0.4, 0.5) is 5.69 Å². The van der Waals surface area contributed by atoms with Gasteiger partial charge in [-0.05, 0) is 51.6 Å². The predicted molar refractivity (Wildman–Crippen MR) is 87.9 cm³/mol. The zero-order chi connectivity index (χ0) is 15.3. The average Bonchev–Trinajstić information content (AvgIpc) is 2.45. The minimum absolute atomic E-state index is 0.0177. The second kappa shape index (κ2) is 7.36. The molecular formula is C15H23N3OS. The number of rotatable bonds is 6. The lowest BCUT2D eigenvalue weighted by molar-refractivity contribution is -0.120. The van der Waals surface area contributed by atoms with E-state index in [4.69, 9.17) is 18.0 Å². The van der Waals surface area contributed by atoms with Gasteiger partial charge in [0.2, 0.25) is 5.91 Å². The van der Waals surface area contributed by atoms with Crippen molar-refractivity contribution in [2.24, 2.45) is 5.73 Å². The molecule has 1 rings (SSSR count). The second-order valence-corrected chi connectivity index (χ2v) is 5.47. The van der Waals surface area contributed by atoms with E-state index in [0.717, 1.165) is 17.7 Å². The average molecular weight is 293 g/mol. The maximum atomic E-state index is 12.2. The molecule has 3 N–H and O–H groups in total. The summed E-state index contributed by atoms with van der Waals surface area (Å²) in [5.74, 6) is -0.0177. The van der Waals surface area contributed by atoms with Crippen LogP contribution in [0.15, 0.2) is 24.3 Å². The largest absolute Gasteiger partial charge is 0.389 e. The van der Waals surface area contributed by atoms with E-state index in [1.807, 2.05) is 26.1 Å². The fourth-order valence-corrected chi connectivity index (χ4v) is 1.96. The minimum atomic E-state index is -0.180. The zero-order valence-electron chi connectivity index (χ0n) is 12.5. The van der Waals surface area contributed by atoms with Gasteiger partial charge < -0.3 is 11.1 Å². The molecule has 0 spiro atoms. The molecule has 0 aliphatic carbocycles. The van der Waals surface area contributed by atoms with Gasteiger partial charge in [-0.1, -0.05) is 19.1 Å². The van der Waals surface area contributed by atoms with Gasteiger partial charge in [0.15, 0.2) is 0 Å². The molecule has 0 heterocycles. The van der Waals surface area contributed by atoms with Crippen LogP contribution in [0.5, 0.6) is 0 Å². The molecule has 0 aromatic heterocycles. The maximum absolute atomic E-state index is 12.2. The van der Waals surface area contributed by atoms with Crippen molar-refractivity contribution < 1.29 is 4.79 Å². The van der Waals surface area contributed by atoms with Crippen molar-refractivity contribution in [2.75, 3.05) is 12.4 Å². The predicted octanol–water partition coefficient (Wildman–Crippen LogP) is 2.38. The summed E-state index contributed by atoms with van der Waals surface area (Å²) in [5.41, 5.74) is 7.08. The Bertz CT molecular complexity index is 473. The fraction of sp³-hybridized carbons (Fsp3) is 0.467. The molecule has 0 aliphatic rings. The van der Waals surface area contributed by atoms with E-state index in [0.29, 0.717) is 11.0 Å². The third-order valence-electron chi connectivity index (χ3n) is 3.71. The van der Waals surface area contributed by atoms with Crippen molar-refractivity contribution in [3.63, 3.8) is 0 Å². The first-order valence-corrected chi connectivity index (χ1v) is 7.20. The molecular weight excluding hydrogens is 270 g/mol. The van der Waals surface area contributed by atoms with Crippen molar-refractivity contribution in [1.82, 2.24) is 4.90 Å². The number of nitrogens with one attached hydrogen (secondary N) is 1. The number of thiocarbonyl (C=S) groups is 1. The molecule has 20 heavy (non-hydrogen) atoms.